The number of halogens is 1. The summed E-state index contributed by atoms with van der Waals surface area (Å²) in [4.78, 5) is 23.7. The van der Waals surface area contributed by atoms with Crippen LogP contribution in [0.1, 0.15) is 25.8 Å². The van der Waals surface area contributed by atoms with Gasteiger partial charge in [-0.25, -0.2) is 0 Å². The summed E-state index contributed by atoms with van der Waals surface area (Å²) in [6, 6.07) is 2.82. The van der Waals surface area contributed by atoms with Gasteiger partial charge in [0.1, 0.15) is 5.75 Å². The number of carbonyl (C=O) groups excluding carboxylic acids is 2. The Hall–Kier alpha value is -1.79. The van der Waals surface area contributed by atoms with Crippen molar-refractivity contribution in [1.29, 1.82) is 0 Å². The van der Waals surface area contributed by atoms with Gasteiger partial charge in [-0.1, -0.05) is 25.4 Å². The van der Waals surface area contributed by atoms with E-state index < -0.39 is 6.04 Å². The monoisotopic (exact) mass is 341 g/mol. The molecule has 6 nitrogen and oxygen atoms in total. The highest BCUT2D eigenvalue weighted by atomic mass is 35.5. The molecule has 1 aromatic rings. The smallest absolute Gasteiger partial charge is 0.237 e. The number of hydrogen-bond acceptors (Lipinski definition) is 4. The average Bonchev–Trinajstić information content (AvgIpc) is 2.49. The van der Waals surface area contributed by atoms with Gasteiger partial charge in [0.15, 0.2) is 0 Å². The molecule has 1 atom stereocenters. The molecule has 0 aliphatic heterocycles. The van der Waals surface area contributed by atoms with Crippen molar-refractivity contribution in [3.8, 4) is 5.75 Å². The third-order valence-corrected chi connectivity index (χ3v) is 3.83. The normalized spacial score (nSPS) is 12.0. The minimum atomic E-state index is -0.572. The van der Waals surface area contributed by atoms with Gasteiger partial charge in [0.25, 0.3) is 0 Å². The van der Waals surface area contributed by atoms with Crippen LogP contribution in [0.5, 0.6) is 5.75 Å². The molecule has 0 saturated carbocycles. The number of rotatable bonds is 7. The van der Waals surface area contributed by atoms with Gasteiger partial charge >= 0.3 is 0 Å². The summed E-state index contributed by atoms with van der Waals surface area (Å²) in [5, 5.41) is 5.97. The Bertz CT molecular complexity index is 576. The molecular weight excluding hydrogens is 318 g/mol. The molecule has 1 aromatic carbocycles. The molecule has 0 aromatic heterocycles. The first-order chi connectivity index (χ1) is 10.8. The fourth-order valence-electron chi connectivity index (χ4n) is 1.86. The molecule has 128 valence electrons. The lowest BCUT2D eigenvalue weighted by Crippen LogP contribution is -2.44. The largest absolute Gasteiger partial charge is 0.495 e. The lowest BCUT2D eigenvalue weighted by molar-refractivity contribution is -0.123. The molecule has 0 saturated heterocycles. The summed E-state index contributed by atoms with van der Waals surface area (Å²) in [5.41, 5.74) is 7.11. The van der Waals surface area contributed by atoms with Crippen LogP contribution in [0.15, 0.2) is 12.1 Å². The van der Waals surface area contributed by atoms with Crippen molar-refractivity contribution in [3.63, 3.8) is 0 Å². The Morgan fingerprint density at radius 2 is 2.00 bits per heavy atom. The predicted octanol–water partition coefficient (Wildman–Crippen LogP) is 2.09. The van der Waals surface area contributed by atoms with Crippen LogP contribution in [0.4, 0.5) is 5.69 Å². The molecule has 0 spiro atoms. The van der Waals surface area contributed by atoms with E-state index in [1.54, 1.807) is 12.1 Å². The van der Waals surface area contributed by atoms with Gasteiger partial charge in [0.2, 0.25) is 11.8 Å². The number of carbonyl (C=O) groups is 2. The molecule has 0 bridgehead atoms. The first kappa shape index (κ1) is 19.3. The first-order valence-corrected chi connectivity index (χ1v) is 7.81. The van der Waals surface area contributed by atoms with Crippen LogP contribution in [-0.2, 0) is 9.59 Å². The average molecular weight is 342 g/mol. The Labute approximate surface area is 141 Å². The molecule has 0 heterocycles. The molecule has 23 heavy (non-hydrogen) atoms. The second-order valence-electron chi connectivity index (χ2n) is 5.66. The Morgan fingerprint density at radius 1 is 1.35 bits per heavy atom. The van der Waals surface area contributed by atoms with E-state index in [1.165, 1.54) is 7.11 Å². The summed E-state index contributed by atoms with van der Waals surface area (Å²) in [7, 11) is 1.50. The molecule has 0 fully saturated rings. The molecule has 0 unspecified atom stereocenters. The molecule has 0 aliphatic rings. The highest BCUT2D eigenvalue weighted by Gasteiger charge is 2.17. The molecule has 1 rings (SSSR count). The number of anilines is 1. The van der Waals surface area contributed by atoms with Gasteiger partial charge in [-0.15, -0.1) is 0 Å². The Kier molecular flexibility index (Phi) is 7.32. The van der Waals surface area contributed by atoms with Crippen LogP contribution in [-0.4, -0.2) is 31.5 Å². The maximum atomic E-state index is 12.0. The van der Waals surface area contributed by atoms with Crippen LogP contribution < -0.4 is 21.1 Å². The van der Waals surface area contributed by atoms with Crippen molar-refractivity contribution in [3.05, 3.63) is 22.7 Å². The molecule has 0 radical (unpaired) electrons. The number of nitrogens with two attached hydrogens (primary N) is 1. The number of aryl methyl sites for hydroxylation is 1. The van der Waals surface area contributed by atoms with E-state index in [0.717, 1.165) is 5.56 Å². The molecule has 4 N–H and O–H groups in total. The van der Waals surface area contributed by atoms with Crippen molar-refractivity contribution in [2.24, 2.45) is 11.7 Å². The molecular formula is C16H24ClN3O3. The molecule has 2 amide bonds. The van der Waals surface area contributed by atoms with E-state index >= 15 is 0 Å². The fourth-order valence-corrected chi connectivity index (χ4v) is 2.02. The van der Waals surface area contributed by atoms with Crippen molar-refractivity contribution >= 4 is 29.1 Å². The summed E-state index contributed by atoms with van der Waals surface area (Å²) in [5.74, 6) is 0.0427. The zero-order valence-electron chi connectivity index (χ0n) is 13.9. The van der Waals surface area contributed by atoms with Crippen LogP contribution in [0, 0.1) is 12.8 Å². The number of hydrogen-bond donors (Lipinski definition) is 3. The maximum absolute atomic E-state index is 12.0. The SMILES string of the molecule is COc1cc(Cl)c(C)cc1NC(=O)CCNC(=O)[C@@H](N)C(C)C. The van der Waals surface area contributed by atoms with E-state index in [-0.39, 0.29) is 30.7 Å². The Balaban J connectivity index is 2.55. The third-order valence-electron chi connectivity index (χ3n) is 3.43. The topological polar surface area (TPSA) is 93.5 Å². The third kappa shape index (κ3) is 5.73. The zero-order valence-corrected chi connectivity index (χ0v) is 14.7. The second kappa shape index (κ2) is 8.74. The summed E-state index contributed by atoms with van der Waals surface area (Å²) in [6.07, 6.45) is 0.140. The van der Waals surface area contributed by atoms with Crippen LogP contribution in [0.3, 0.4) is 0 Å². The lowest BCUT2D eigenvalue weighted by Gasteiger charge is -2.15. The highest BCUT2D eigenvalue weighted by molar-refractivity contribution is 6.31. The van der Waals surface area contributed by atoms with Crippen LogP contribution >= 0.6 is 11.6 Å². The zero-order chi connectivity index (χ0) is 17.6. The van der Waals surface area contributed by atoms with E-state index in [0.29, 0.717) is 16.5 Å². The number of methoxy groups -OCH3 is 1. The second-order valence-corrected chi connectivity index (χ2v) is 6.07. The number of nitrogens with one attached hydrogen (secondary N) is 2. The van der Waals surface area contributed by atoms with Crippen LogP contribution in [0.2, 0.25) is 5.02 Å². The van der Waals surface area contributed by atoms with Gasteiger partial charge in [-0.2, -0.15) is 0 Å². The van der Waals surface area contributed by atoms with E-state index in [9.17, 15) is 9.59 Å². The van der Waals surface area contributed by atoms with Crippen molar-refractivity contribution in [1.82, 2.24) is 5.32 Å². The molecule has 0 aliphatic carbocycles. The minimum absolute atomic E-state index is 0.0464. The summed E-state index contributed by atoms with van der Waals surface area (Å²) < 4.78 is 5.20. The quantitative estimate of drug-likeness (QED) is 0.707. The minimum Gasteiger partial charge on any atom is -0.495 e. The van der Waals surface area contributed by atoms with E-state index in [2.05, 4.69) is 10.6 Å². The van der Waals surface area contributed by atoms with E-state index in [4.69, 9.17) is 22.1 Å². The standard InChI is InChI=1S/C16H24ClN3O3/c1-9(2)15(18)16(22)19-6-5-14(21)20-12-7-10(3)11(17)8-13(12)23-4/h7-9,15H,5-6,18H2,1-4H3,(H,19,22)(H,20,21)/t15-/m0/s1. The fraction of sp³-hybridized carbons (Fsp3) is 0.500. The van der Waals surface area contributed by atoms with Crippen molar-refractivity contribution in [2.75, 3.05) is 19.0 Å². The van der Waals surface area contributed by atoms with Gasteiger partial charge in [-0.3, -0.25) is 9.59 Å². The first-order valence-electron chi connectivity index (χ1n) is 7.43. The van der Waals surface area contributed by atoms with E-state index in [1.807, 2.05) is 20.8 Å². The number of benzene rings is 1. The summed E-state index contributed by atoms with van der Waals surface area (Å²) >= 11 is 6.02. The maximum Gasteiger partial charge on any atom is 0.237 e. The number of amides is 2. The lowest BCUT2D eigenvalue weighted by atomic mass is 10.1. The number of ether oxygens (including phenoxy) is 1. The predicted molar refractivity (Wildman–Crippen MR) is 91.8 cm³/mol. The van der Waals surface area contributed by atoms with Gasteiger partial charge in [0.05, 0.1) is 18.8 Å². The Morgan fingerprint density at radius 3 is 2.57 bits per heavy atom. The van der Waals surface area contributed by atoms with Gasteiger partial charge in [0, 0.05) is 24.1 Å². The highest BCUT2D eigenvalue weighted by Crippen LogP contribution is 2.30. The van der Waals surface area contributed by atoms with Crippen molar-refractivity contribution in [2.45, 2.75) is 33.2 Å². The van der Waals surface area contributed by atoms with Gasteiger partial charge in [-0.05, 0) is 24.5 Å². The summed E-state index contributed by atoms with van der Waals surface area (Å²) in [6.45, 7) is 5.79. The van der Waals surface area contributed by atoms with Gasteiger partial charge < -0.3 is 21.1 Å². The van der Waals surface area contributed by atoms with Crippen molar-refractivity contribution < 1.29 is 14.3 Å². The van der Waals surface area contributed by atoms with Crippen LogP contribution in [0.25, 0.3) is 0 Å². The molecule has 7 heteroatoms.